The topological polar surface area (TPSA) is 63.9 Å². The normalized spacial score (nSPS) is 27.6. The van der Waals surface area contributed by atoms with Crippen LogP contribution < -0.4 is 5.32 Å². The highest BCUT2D eigenvalue weighted by Gasteiger charge is 2.35. The molecule has 2 atom stereocenters. The predicted octanol–water partition coefficient (Wildman–Crippen LogP) is 2.84. The van der Waals surface area contributed by atoms with Crippen LogP contribution in [0.1, 0.15) is 50.2 Å². The molecule has 0 radical (unpaired) electrons. The molecule has 1 aromatic heterocycles. The fourth-order valence-corrected chi connectivity index (χ4v) is 3.44. The highest BCUT2D eigenvalue weighted by Crippen LogP contribution is 2.33. The number of hydrogen-bond donors (Lipinski definition) is 1. The summed E-state index contributed by atoms with van der Waals surface area (Å²) >= 11 is 0. The van der Waals surface area contributed by atoms with Gasteiger partial charge in [-0.05, 0) is 44.7 Å². The van der Waals surface area contributed by atoms with E-state index in [2.05, 4.69) is 12.2 Å². The summed E-state index contributed by atoms with van der Waals surface area (Å²) in [4.78, 5) is 14.4. The van der Waals surface area contributed by atoms with Crippen LogP contribution in [0, 0.1) is 0 Å². The standard InChI is InChI=1S/C17H26N2O4/c1-17(8-4-10-22-17)12-18-16(20)19-9-3-5-14(19)15-7-6-13(23-15)11-21-2/h6-7,14H,3-5,8-12H2,1-2H3,(H,18,20)/t14-,17+/m1/s1. The fourth-order valence-electron chi connectivity index (χ4n) is 3.44. The van der Waals surface area contributed by atoms with Crippen LogP contribution in [-0.2, 0) is 16.1 Å². The van der Waals surface area contributed by atoms with E-state index in [1.807, 2.05) is 17.0 Å². The minimum absolute atomic E-state index is 0.0120. The van der Waals surface area contributed by atoms with Crippen LogP contribution in [0.5, 0.6) is 0 Å². The van der Waals surface area contributed by atoms with Gasteiger partial charge in [-0.15, -0.1) is 0 Å². The Labute approximate surface area is 137 Å². The fraction of sp³-hybridized carbons (Fsp3) is 0.706. The number of rotatable bonds is 5. The van der Waals surface area contributed by atoms with Crippen molar-refractivity contribution < 1.29 is 18.7 Å². The van der Waals surface area contributed by atoms with Crippen LogP contribution >= 0.6 is 0 Å². The molecular weight excluding hydrogens is 296 g/mol. The maximum atomic E-state index is 12.6. The Hall–Kier alpha value is -1.53. The lowest BCUT2D eigenvalue weighted by atomic mass is 10.0. The molecule has 128 valence electrons. The first kappa shape index (κ1) is 16.3. The second-order valence-electron chi connectivity index (χ2n) is 6.65. The number of nitrogens with one attached hydrogen (secondary N) is 1. The third-order valence-electron chi connectivity index (χ3n) is 4.73. The summed E-state index contributed by atoms with van der Waals surface area (Å²) in [7, 11) is 1.64. The number of carbonyl (C=O) groups is 1. The molecule has 6 heteroatoms. The first-order valence-corrected chi connectivity index (χ1v) is 8.37. The minimum Gasteiger partial charge on any atom is -0.461 e. The van der Waals surface area contributed by atoms with Crippen LogP contribution in [0.2, 0.25) is 0 Å². The van der Waals surface area contributed by atoms with E-state index in [1.54, 1.807) is 7.11 Å². The van der Waals surface area contributed by atoms with Gasteiger partial charge in [-0.3, -0.25) is 0 Å². The monoisotopic (exact) mass is 322 g/mol. The summed E-state index contributed by atoms with van der Waals surface area (Å²) in [6.07, 6.45) is 3.98. The van der Waals surface area contributed by atoms with Gasteiger partial charge in [0.1, 0.15) is 18.1 Å². The molecule has 0 bridgehead atoms. The number of carbonyl (C=O) groups excluding carboxylic acids is 1. The molecule has 23 heavy (non-hydrogen) atoms. The Morgan fingerprint density at radius 3 is 3.09 bits per heavy atom. The Kier molecular flexibility index (Phi) is 4.92. The van der Waals surface area contributed by atoms with Crippen molar-refractivity contribution in [2.45, 2.75) is 50.9 Å². The van der Waals surface area contributed by atoms with Crippen molar-refractivity contribution in [3.05, 3.63) is 23.7 Å². The number of amides is 2. The van der Waals surface area contributed by atoms with Gasteiger partial charge in [0, 0.05) is 26.8 Å². The molecule has 2 aliphatic heterocycles. The Morgan fingerprint density at radius 2 is 2.35 bits per heavy atom. The molecule has 1 N–H and O–H groups in total. The number of ether oxygens (including phenoxy) is 2. The lowest BCUT2D eigenvalue weighted by Crippen LogP contribution is -2.46. The lowest BCUT2D eigenvalue weighted by molar-refractivity contribution is 0.0217. The quantitative estimate of drug-likeness (QED) is 0.905. The van der Waals surface area contributed by atoms with E-state index in [4.69, 9.17) is 13.9 Å². The van der Waals surface area contributed by atoms with E-state index in [-0.39, 0.29) is 17.7 Å². The summed E-state index contributed by atoms with van der Waals surface area (Å²) in [5.41, 5.74) is -0.221. The molecule has 2 aliphatic rings. The summed E-state index contributed by atoms with van der Waals surface area (Å²) in [6.45, 7) is 4.61. The molecule has 0 aliphatic carbocycles. The number of likely N-dealkylation sites (tertiary alicyclic amines) is 1. The van der Waals surface area contributed by atoms with Crippen molar-refractivity contribution in [3.63, 3.8) is 0 Å². The Bertz CT molecular complexity index is 536. The molecular formula is C17H26N2O4. The number of hydrogen-bond acceptors (Lipinski definition) is 4. The van der Waals surface area contributed by atoms with Gasteiger partial charge in [-0.2, -0.15) is 0 Å². The van der Waals surface area contributed by atoms with Gasteiger partial charge >= 0.3 is 6.03 Å². The third kappa shape index (κ3) is 3.70. The highest BCUT2D eigenvalue weighted by atomic mass is 16.5. The van der Waals surface area contributed by atoms with Crippen LogP contribution in [0.4, 0.5) is 4.79 Å². The molecule has 2 amide bonds. The zero-order valence-electron chi connectivity index (χ0n) is 14.0. The van der Waals surface area contributed by atoms with E-state index >= 15 is 0 Å². The average molecular weight is 322 g/mol. The zero-order chi connectivity index (χ0) is 16.3. The minimum atomic E-state index is -0.221. The molecule has 3 heterocycles. The van der Waals surface area contributed by atoms with E-state index < -0.39 is 0 Å². The molecule has 6 nitrogen and oxygen atoms in total. The van der Waals surface area contributed by atoms with Crippen LogP contribution in [0.3, 0.4) is 0 Å². The molecule has 2 saturated heterocycles. The van der Waals surface area contributed by atoms with Crippen LogP contribution in [-0.4, -0.2) is 43.3 Å². The van der Waals surface area contributed by atoms with Crippen LogP contribution in [0.25, 0.3) is 0 Å². The zero-order valence-corrected chi connectivity index (χ0v) is 14.0. The molecule has 0 spiro atoms. The maximum Gasteiger partial charge on any atom is 0.318 e. The van der Waals surface area contributed by atoms with Crippen molar-refractivity contribution in [1.29, 1.82) is 0 Å². The summed E-state index contributed by atoms with van der Waals surface area (Å²) in [5, 5.41) is 3.03. The Morgan fingerprint density at radius 1 is 1.48 bits per heavy atom. The smallest absolute Gasteiger partial charge is 0.318 e. The number of methoxy groups -OCH3 is 1. The maximum absolute atomic E-state index is 12.6. The third-order valence-corrected chi connectivity index (χ3v) is 4.73. The molecule has 2 fully saturated rings. The van der Waals surface area contributed by atoms with Gasteiger partial charge < -0.3 is 24.1 Å². The summed E-state index contributed by atoms with van der Waals surface area (Å²) in [6, 6.07) is 3.85. The van der Waals surface area contributed by atoms with E-state index in [1.165, 1.54) is 0 Å². The molecule has 0 saturated carbocycles. The average Bonchev–Trinajstić information content (AvgIpc) is 3.25. The van der Waals surface area contributed by atoms with E-state index in [9.17, 15) is 4.79 Å². The van der Waals surface area contributed by atoms with Crippen molar-refractivity contribution in [2.24, 2.45) is 0 Å². The Balaban J connectivity index is 1.60. The van der Waals surface area contributed by atoms with Gasteiger partial charge in [0.25, 0.3) is 0 Å². The van der Waals surface area contributed by atoms with Crippen molar-refractivity contribution in [3.8, 4) is 0 Å². The summed E-state index contributed by atoms with van der Waals surface area (Å²) < 4.78 is 16.6. The van der Waals surface area contributed by atoms with Crippen molar-refractivity contribution in [1.82, 2.24) is 10.2 Å². The van der Waals surface area contributed by atoms with Gasteiger partial charge in [0.15, 0.2) is 0 Å². The number of furan rings is 1. The first-order valence-electron chi connectivity index (χ1n) is 8.37. The van der Waals surface area contributed by atoms with Gasteiger partial charge in [0.2, 0.25) is 0 Å². The number of nitrogens with zero attached hydrogens (tertiary/aromatic N) is 1. The van der Waals surface area contributed by atoms with E-state index in [0.717, 1.165) is 50.4 Å². The second-order valence-corrected chi connectivity index (χ2v) is 6.65. The van der Waals surface area contributed by atoms with Crippen molar-refractivity contribution in [2.75, 3.05) is 26.8 Å². The number of urea groups is 1. The highest BCUT2D eigenvalue weighted by molar-refractivity contribution is 5.75. The van der Waals surface area contributed by atoms with Crippen molar-refractivity contribution >= 4 is 6.03 Å². The summed E-state index contributed by atoms with van der Waals surface area (Å²) in [5.74, 6) is 1.63. The molecule has 0 aromatic carbocycles. The first-order chi connectivity index (χ1) is 11.1. The largest absolute Gasteiger partial charge is 0.461 e. The second kappa shape index (κ2) is 6.93. The van der Waals surface area contributed by atoms with Gasteiger partial charge in [0.05, 0.1) is 11.6 Å². The molecule has 0 unspecified atom stereocenters. The van der Waals surface area contributed by atoms with Gasteiger partial charge in [-0.25, -0.2) is 4.79 Å². The molecule has 3 rings (SSSR count). The predicted molar refractivity (Wildman–Crippen MR) is 85.1 cm³/mol. The van der Waals surface area contributed by atoms with Crippen LogP contribution in [0.15, 0.2) is 16.5 Å². The van der Waals surface area contributed by atoms with E-state index in [0.29, 0.717) is 13.2 Å². The molecule has 1 aromatic rings. The lowest BCUT2D eigenvalue weighted by Gasteiger charge is -2.28. The SMILES string of the molecule is COCc1ccc([C@H]2CCCN2C(=O)NC[C@]2(C)CCCO2)o1. The van der Waals surface area contributed by atoms with Gasteiger partial charge in [-0.1, -0.05) is 0 Å².